The molecule has 5 nitrogen and oxygen atoms in total. The summed E-state index contributed by atoms with van der Waals surface area (Å²) >= 11 is 0. The third-order valence-corrected chi connectivity index (χ3v) is 4.02. The molecule has 1 aliphatic rings. The van der Waals surface area contributed by atoms with E-state index in [9.17, 15) is 9.59 Å². The van der Waals surface area contributed by atoms with Crippen molar-refractivity contribution in [2.75, 3.05) is 13.7 Å². The maximum Gasteiger partial charge on any atom is 0.326 e. The number of carbonyl (C=O) groups excluding carboxylic acids is 1. The van der Waals surface area contributed by atoms with E-state index in [1.807, 2.05) is 31.2 Å². The third kappa shape index (κ3) is 3.54. The SMILES string of the molecule is COc1ccc([C@H](C)CC(=O)N2CCC[C@@H]2C(=O)O)cc1. The monoisotopic (exact) mass is 291 g/mol. The number of aliphatic carboxylic acids is 1. The molecule has 5 heteroatoms. The first-order valence-electron chi connectivity index (χ1n) is 7.19. The quantitative estimate of drug-likeness (QED) is 0.903. The van der Waals surface area contributed by atoms with E-state index in [4.69, 9.17) is 9.84 Å². The van der Waals surface area contributed by atoms with Crippen LogP contribution in [0.3, 0.4) is 0 Å². The molecule has 1 aliphatic heterocycles. The van der Waals surface area contributed by atoms with Crippen molar-refractivity contribution in [3.05, 3.63) is 29.8 Å². The number of benzene rings is 1. The minimum absolute atomic E-state index is 0.0541. The molecule has 0 aliphatic carbocycles. The van der Waals surface area contributed by atoms with Gasteiger partial charge in [-0.15, -0.1) is 0 Å². The van der Waals surface area contributed by atoms with Crippen LogP contribution < -0.4 is 4.74 Å². The molecule has 0 bridgehead atoms. The molecule has 1 fully saturated rings. The molecular formula is C16H21NO4. The molecule has 0 saturated carbocycles. The summed E-state index contributed by atoms with van der Waals surface area (Å²) in [5.41, 5.74) is 1.05. The number of rotatable bonds is 5. The van der Waals surface area contributed by atoms with Crippen LogP contribution in [-0.2, 0) is 9.59 Å². The fraction of sp³-hybridized carbons (Fsp3) is 0.500. The second-order valence-corrected chi connectivity index (χ2v) is 5.46. The van der Waals surface area contributed by atoms with Crippen LogP contribution in [0.1, 0.15) is 37.7 Å². The maximum atomic E-state index is 12.3. The Balaban J connectivity index is 1.99. The van der Waals surface area contributed by atoms with Gasteiger partial charge < -0.3 is 14.7 Å². The van der Waals surface area contributed by atoms with Crippen molar-refractivity contribution >= 4 is 11.9 Å². The van der Waals surface area contributed by atoms with Crippen molar-refractivity contribution in [2.24, 2.45) is 0 Å². The number of methoxy groups -OCH3 is 1. The molecule has 1 aromatic rings. The predicted molar refractivity (Wildman–Crippen MR) is 78.4 cm³/mol. The Labute approximate surface area is 124 Å². The lowest BCUT2D eigenvalue weighted by atomic mass is 9.97. The van der Waals surface area contributed by atoms with E-state index in [0.717, 1.165) is 17.7 Å². The average molecular weight is 291 g/mol. The third-order valence-electron chi connectivity index (χ3n) is 4.02. The summed E-state index contributed by atoms with van der Waals surface area (Å²) in [7, 11) is 1.61. The van der Waals surface area contributed by atoms with Gasteiger partial charge in [0.2, 0.25) is 5.91 Å². The van der Waals surface area contributed by atoms with Crippen LogP contribution in [0.5, 0.6) is 5.75 Å². The highest BCUT2D eigenvalue weighted by molar-refractivity contribution is 5.84. The molecule has 0 unspecified atom stereocenters. The normalized spacial score (nSPS) is 19.3. The van der Waals surface area contributed by atoms with E-state index in [2.05, 4.69) is 0 Å². The zero-order valence-corrected chi connectivity index (χ0v) is 12.4. The number of nitrogens with zero attached hydrogens (tertiary/aromatic N) is 1. The van der Waals surface area contributed by atoms with E-state index in [-0.39, 0.29) is 11.8 Å². The number of carboxylic acids is 1. The highest BCUT2D eigenvalue weighted by atomic mass is 16.5. The molecule has 1 aromatic carbocycles. The van der Waals surface area contributed by atoms with Crippen molar-refractivity contribution in [1.82, 2.24) is 4.90 Å². The van der Waals surface area contributed by atoms with Gasteiger partial charge in [-0.3, -0.25) is 4.79 Å². The summed E-state index contributed by atoms with van der Waals surface area (Å²) in [6.45, 7) is 2.52. The molecule has 114 valence electrons. The Hall–Kier alpha value is -2.04. The number of ether oxygens (including phenoxy) is 1. The van der Waals surface area contributed by atoms with Gasteiger partial charge in [-0.2, -0.15) is 0 Å². The molecule has 1 N–H and O–H groups in total. The smallest absolute Gasteiger partial charge is 0.326 e. The molecule has 2 rings (SSSR count). The van der Waals surface area contributed by atoms with Crippen molar-refractivity contribution in [3.63, 3.8) is 0 Å². The van der Waals surface area contributed by atoms with Crippen LogP contribution in [0.15, 0.2) is 24.3 Å². The first-order valence-corrected chi connectivity index (χ1v) is 7.19. The van der Waals surface area contributed by atoms with Crippen LogP contribution in [-0.4, -0.2) is 41.6 Å². The lowest BCUT2D eigenvalue weighted by Crippen LogP contribution is -2.40. The molecule has 0 radical (unpaired) electrons. The topological polar surface area (TPSA) is 66.8 Å². The van der Waals surface area contributed by atoms with Crippen molar-refractivity contribution < 1.29 is 19.4 Å². The van der Waals surface area contributed by atoms with Crippen LogP contribution in [0, 0.1) is 0 Å². The van der Waals surface area contributed by atoms with Crippen LogP contribution in [0.4, 0.5) is 0 Å². The molecule has 2 atom stereocenters. The Morgan fingerprint density at radius 1 is 1.38 bits per heavy atom. The van der Waals surface area contributed by atoms with Gasteiger partial charge in [0.05, 0.1) is 7.11 Å². The largest absolute Gasteiger partial charge is 0.497 e. The summed E-state index contributed by atoms with van der Waals surface area (Å²) in [6, 6.07) is 6.96. The number of carbonyl (C=O) groups is 2. The minimum Gasteiger partial charge on any atom is -0.497 e. The highest BCUT2D eigenvalue weighted by Crippen LogP contribution is 2.25. The number of amides is 1. The number of hydrogen-bond acceptors (Lipinski definition) is 3. The lowest BCUT2D eigenvalue weighted by Gasteiger charge is -2.23. The van der Waals surface area contributed by atoms with Crippen molar-refractivity contribution in [2.45, 2.75) is 38.1 Å². The number of likely N-dealkylation sites (tertiary alicyclic amines) is 1. The van der Waals surface area contributed by atoms with E-state index >= 15 is 0 Å². The maximum absolute atomic E-state index is 12.3. The van der Waals surface area contributed by atoms with Gasteiger partial charge >= 0.3 is 5.97 Å². The van der Waals surface area contributed by atoms with Crippen molar-refractivity contribution in [1.29, 1.82) is 0 Å². The molecule has 0 aromatic heterocycles. The Bertz CT molecular complexity index is 512. The van der Waals surface area contributed by atoms with Gasteiger partial charge in [-0.05, 0) is 36.5 Å². The fourth-order valence-corrected chi connectivity index (χ4v) is 2.75. The predicted octanol–water partition coefficient (Wildman–Crippen LogP) is 2.26. The second kappa shape index (κ2) is 6.61. The Kier molecular flexibility index (Phi) is 4.83. The molecule has 1 saturated heterocycles. The second-order valence-electron chi connectivity index (χ2n) is 5.46. The fourth-order valence-electron chi connectivity index (χ4n) is 2.75. The van der Waals surface area contributed by atoms with Crippen LogP contribution in [0.25, 0.3) is 0 Å². The van der Waals surface area contributed by atoms with E-state index in [1.54, 1.807) is 7.11 Å². The first-order chi connectivity index (χ1) is 10.0. The summed E-state index contributed by atoms with van der Waals surface area (Å²) < 4.78 is 5.11. The molecule has 1 amide bonds. The summed E-state index contributed by atoms with van der Waals surface area (Å²) in [5, 5.41) is 9.13. The van der Waals surface area contributed by atoms with Gasteiger partial charge in [0.15, 0.2) is 0 Å². The Morgan fingerprint density at radius 3 is 2.62 bits per heavy atom. The number of carboxylic acid groups (broad SMARTS) is 1. The van der Waals surface area contributed by atoms with Gasteiger partial charge in [0.1, 0.15) is 11.8 Å². The standard InChI is InChI=1S/C16H21NO4/c1-11(12-5-7-13(21-2)8-6-12)10-15(18)17-9-3-4-14(17)16(19)20/h5-8,11,14H,3-4,9-10H2,1-2H3,(H,19,20)/t11-,14-/m1/s1. The Morgan fingerprint density at radius 2 is 2.05 bits per heavy atom. The minimum atomic E-state index is -0.905. The zero-order chi connectivity index (χ0) is 15.4. The van der Waals surface area contributed by atoms with E-state index in [1.165, 1.54) is 4.90 Å². The van der Waals surface area contributed by atoms with Crippen LogP contribution in [0.2, 0.25) is 0 Å². The van der Waals surface area contributed by atoms with Crippen LogP contribution >= 0.6 is 0 Å². The molecular weight excluding hydrogens is 270 g/mol. The highest BCUT2D eigenvalue weighted by Gasteiger charge is 2.34. The van der Waals surface area contributed by atoms with Gasteiger partial charge in [0.25, 0.3) is 0 Å². The van der Waals surface area contributed by atoms with Gasteiger partial charge in [0, 0.05) is 13.0 Å². The van der Waals surface area contributed by atoms with Gasteiger partial charge in [-0.25, -0.2) is 4.79 Å². The zero-order valence-electron chi connectivity index (χ0n) is 12.4. The van der Waals surface area contributed by atoms with Gasteiger partial charge in [-0.1, -0.05) is 19.1 Å². The number of hydrogen-bond donors (Lipinski definition) is 1. The van der Waals surface area contributed by atoms with E-state index in [0.29, 0.717) is 19.4 Å². The molecule has 21 heavy (non-hydrogen) atoms. The average Bonchev–Trinajstić information content (AvgIpc) is 2.97. The molecule has 1 heterocycles. The first kappa shape index (κ1) is 15.4. The van der Waals surface area contributed by atoms with E-state index < -0.39 is 12.0 Å². The summed E-state index contributed by atoms with van der Waals surface area (Å²) in [5.74, 6) is -0.151. The summed E-state index contributed by atoms with van der Waals surface area (Å²) in [4.78, 5) is 24.9. The lowest BCUT2D eigenvalue weighted by molar-refractivity contribution is -0.148. The molecule has 0 spiro atoms. The van der Waals surface area contributed by atoms with Crippen molar-refractivity contribution in [3.8, 4) is 5.75 Å². The summed E-state index contributed by atoms with van der Waals surface area (Å²) in [6.07, 6.45) is 1.65.